The lowest BCUT2D eigenvalue weighted by atomic mass is 10.1. The molecule has 0 aliphatic rings. The van der Waals surface area contributed by atoms with E-state index in [1.807, 2.05) is 44.3 Å². The molecule has 22 heavy (non-hydrogen) atoms. The molecule has 0 fully saturated rings. The number of rotatable bonds is 8. The summed E-state index contributed by atoms with van der Waals surface area (Å²) in [7, 11) is 3.48. The van der Waals surface area contributed by atoms with Gasteiger partial charge < -0.3 is 14.5 Å². The maximum Gasteiger partial charge on any atom is 0.131 e. The summed E-state index contributed by atoms with van der Waals surface area (Å²) in [5.74, 6) is 1.08. The number of benzene rings is 1. The summed E-state index contributed by atoms with van der Waals surface area (Å²) in [5, 5.41) is 3.82. The smallest absolute Gasteiger partial charge is 0.131 e. The van der Waals surface area contributed by atoms with Gasteiger partial charge in [-0.15, -0.1) is 11.6 Å². The molecule has 122 valence electrons. The maximum atomic E-state index is 5.78. The Morgan fingerprint density at radius 1 is 1.32 bits per heavy atom. The normalized spacial score (nSPS) is 11.8. The van der Waals surface area contributed by atoms with E-state index in [-0.39, 0.29) is 5.88 Å². The van der Waals surface area contributed by atoms with Gasteiger partial charge in [-0.3, -0.25) is 0 Å². The van der Waals surface area contributed by atoms with E-state index >= 15 is 0 Å². The lowest BCUT2D eigenvalue weighted by Crippen LogP contribution is -2.14. The molecule has 0 aromatic heterocycles. The number of aryl methyl sites for hydroxylation is 2. The zero-order chi connectivity index (χ0) is 16.5. The van der Waals surface area contributed by atoms with E-state index in [9.17, 15) is 0 Å². The standard InChI is InChI=1S/C16H24ClN3O2/c1-6-20(4)11-18-15-7-13(3)16(8-12(15)2)22-10-14(9-17)19-21-5/h7-8,11H,6,9-10H2,1-5H3/b18-11?,19-14-. The summed E-state index contributed by atoms with van der Waals surface area (Å²) in [6.07, 6.45) is 1.83. The highest BCUT2D eigenvalue weighted by Gasteiger charge is 2.07. The van der Waals surface area contributed by atoms with E-state index in [2.05, 4.69) is 17.1 Å². The van der Waals surface area contributed by atoms with Gasteiger partial charge in [0.05, 0.1) is 17.9 Å². The number of nitrogens with zero attached hydrogens (tertiary/aromatic N) is 3. The van der Waals surface area contributed by atoms with E-state index in [0.29, 0.717) is 12.3 Å². The molecule has 0 radical (unpaired) electrons. The maximum absolute atomic E-state index is 5.78. The van der Waals surface area contributed by atoms with Crippen LogP contribution in [0.3, 0.4) is 0 Å². The third-order valence-corrected chi connectivity index (χ3v) is 3.46. The average molecular weight is 326 g/mol. The molecule has 0 spiro atoms. The molecule has 0 amide bonds. The third kappa shape index (κ3) is 5.56. The van der Waals surface area contributed by atoms with Crippen molar-refractivity contribution in [2.24, 2.45) is 10.1 Å². The lowest BCUT2D eigenvalue weighted by molar-refractivity contribution is 0.210. The van der Waals surface area contributed by atoms with Gasteiger partial charge in [0.15, 0.2) is 0 Å². The molecule has 6 heteroatoms. The molecule has 0 bridgehead atoms. The Bertz CT molecular complexity index is 544. The van der Waals surface area contributed by atoms with Crippen LogP contribution in [0, 0.1) is 13.8 Å². The van der Waals surface area contributed by atoms with E-state index in [1.165, 1.54) is 7.11 Å². The number of hydrogen-bond acceptors (Lipinski definition) is 4. The Kier molecular flexibility index (Phi) is 7.74. The van der Waals surface area contributed by atoms with Crippen LogP contribution in [0.5, 0.6) is 5.75 Å². The number of alkyl halides is 1. The molecule has 0 aliphatic carbocycles. The molecule has 0 aliphatic heterocycles. The zero-order valence-corrected chi connectivity index (χ0v) is 14.6. The van der Waals surface area contributed by atoms with Gasteiger partial charge in [0.1, 0.15) is 25.2 Å². The second kappa shape index (κ2) is 9.30. The number of ether oxygens (including phenoxy) is 1. The van der Waals surface area contributed by atoms with Crippen molar-refractivity contribution in [2.75, 3.05) is 33.2 Å². The molecule has 0 atom stereocenters. The molecule has 0 saturated heterocycles. The highest BCUT2D eigenvalue weighted by Crippen LogP contribution is 2.28. The number of halogens is 1. The van der Waals surface area contributed by atoms with Gasteiger partial charge in [-0.2, -0.15) is 0 Å². The van der Waals surface area contributed by atoms with Gasteiger partial charge in [0.25, 0.3) is 0 Å². The van der Waals surface area contributed by atoms with Crippen LogP contribution < -0.4 is 4.74 Å². The van der Waals surface area contributed by atoms with E-state index in [4.69, 9.17) is 21.2 Å². The summed E-state index contributed by atoms with van der Waals surface area (Å²) in [4.78, 5) is 11.2. The summed E-state index contributed by atoms with van der Waals surface area (Å²) in [5.41, 5.74) is 3.65. The van der Waals surface area contributed by atoms with Crippen molar-refractivity contribution < 1.29 is 9.57 Å². The van der Waals surface area contributed by atoms with Crippen LogP contribution in [-0.2, 0) is 4.84 Å². The quantitative estimate of drug-likeness (QED) is 0.318. The molecule has 1 aromatic rings. The van der Waals surface area contributed by atoms with Crippen molar-refractivity contribution in [3.8, 4) is 5.75 Å². The van der Waals surface area contributed by atoms with E-state index < -0.39 is 0 Å². The van der Waals surface area contributed by atoms with Crippen LogP contribution in [0.4, 0.5) is 5.69 Å². The van der Waals surface area contributed by atoms with Crippen molar-refractivity contribution in [2.45, 2.75) is 20.8 Å². The Labute approximate surface area is 137 Å². The fourth-order valence-electron chi connectivity index (χ4n) is 1.69. The average Bonchev–Trinajstić information content (AvgIpc) is 2.52. The largest absolute Gasteiger partial charge is 0.487 e. The molecular weight excluding hydrogens is 302 g/mol. The van der Waals surface area contributed by atoms with Gasteiger partial charge in [0, 0.05) is 13.6 Å². The molecule has 0 unspecified atom stereocenters. The molecule has 0 saturated carbocycles. The molecule has 5 nitrogen and oxygen atoms in total. The zero-order valence-electron chi connectivity index (χ0n) is 13.9. The Morgan fingerprint density at radius 2 is 2.05 bits per heavy atom. The van der Waals surface area contributed by atoms with E-state index in [1.54, 1.807) is 0 Å². The first-order chi connectivity index (χ1) is 10.5. The first kappa shape index (κ1) is 18.3. The van der Waals surface area contributed by atoms with Gasteiger partial charge in [-0.25, -0.2) is 4.99 Å². The minimum Gasteiger partial charge on any atom is -0.487 e. The fourth-order valence-corrected chi connectivity index (χ4v) is 1.82. The van der Waals surface area contributed by atoms with Crippen LogP contribution in [0.2, 0.25) is 0 Å². The van der Waals surface area contributed by atoms with Crippen LogP contribution >= 0.6 is 11.6 Å². The third-order valence-electron chi connectivity index (χ3n) is 3.16. The molecule has 0 N–H and O–H groups in total. The minimum absolute atomic E-state index is 0.275. The molecule has 0 heterocycles. The molecular formula is C16H24ClN3O2. The summed E-state index contributed by atoms with van der Waals surface area (Å²) >= 11 is 5.78. The first-order valence-corrected chi connectivity index (χ1v) is 7.68. The van der Waals surface area contributed by atoms with E-state index in [0.717, 1.165) is 29.1 Å². The predicted molar refractivity (Wildman–Crippen MR) is 93.0 cm³/mol. The summed E-state index contributed by atoms with van der Waals surface area (Å²) < 4.78 is 5.77. The Hall–Kier alpha value is -1.75. The fraction of sp³-hybridized carbons (Fsp3) is 0.500. The molecule has 1 aromatic carbocycles. The number of aliphatic imine (C=N–C) groups is 1. The van der Waals surface area contributed by atoms with Crippen molar-refractivity contribution in [1.29, 1.82) is 0 Å². The highest BCUT2D eigenvalue weighted by molar-refractivity contribution is 6.28. The van der Waals surface area contributed by atoms with Gasteiger partial charge in [0.2, 0.25) is 0 Å². The van der Waals surface area contributed by atoms with Crippen LogP contribution in [-0.4, -0.2) is 50.1 Å². The van der Waals surface area contributed by atoms with Crippen LogP contribution in [0.1, 0.15) is 18.1 Å². The van der Waals surface area contributed by atoms with Crippen molar-refractivity contribution in [1.82, 2.24) is 4.90 Å². The van der Waals surface area contributed by atoms with Gasteiger partial charge >= 0.3 is 0 Å². The molecule has 1 rings (SSSR count). The van der Waals surface area contributed by atoms with Crippen molar-refractivity contribution in [3.05, 3.63) is 23.3 Å². The summed E-state index contributed by atoms with van der Waals surface area (Å²) in [6, 6.07) is 3.99. The Morgan fingerprint density at radius 3 is 2.64 bits per heavy atom. The summed E-state index contributed by atoms with van der Waals surface area (Å²) in [6.45, 7) is 7.31. The van der Waals surface area contributed by atoms with Crippen molar-refractivity contribution >= 4 is 29.3 Å². The number of oxime groups is 1. The Balaban J connectivity index is 2.85. The number of hydrogen-bond donors (Lipinski definition) is 0. The second-order valence-corrected chi connectivity index (χ2v) is 5.25. The van der Waals surface area contributed by atoms with Crippen molar-refractivity contribution in [3.63, 3.8) is 0 Å². The highest BCUT2D eigenvalue weighted by atomic mass is 35.5. The second-order valence-electron chi connectivity index (χ2n) is 4.98. The van der Waals surface area contributed by atoms with Crippen LogP contribution in [0.15, 0.2) is 22.3 Å². The predicted octanol–water partition coefficient (Wildman–Crippen LogP) is 3.53. The SMILES string of the molecule is CCN(C)C=Nc1cc(C)c(OC/C(CCl)=N\OC)cc1C. The lowest BCUT2D eigenvalue weighted by Gasteiger charge is -2.13. The monoisotopic (exact) mass is 325 g/mol. The van der Waals surface area contributed by atoms with Crippen LogP contribution in [0.25, 0.3) is 0 Å². The van der Waals surface area contributed by atoms with Gasteiger partial charge in [-0.1, -0.05) is 5.16 Å². The first-order valence-electron chi connectivity index (χ1n) is 7.15. The topological polar surface area (TPSA) is 46.4 Å². The van der Waals surface area contributed by atoms with Gasteiger partial charge in [-0.05, 0) is 44.0 Å². The minimum atomic E-state index is 0.275.